The number of allylic oxidation sites excluding steroid dienone is 1. The molecule has 108 valence electrons. The quantitative estimate of drug-likeness (QED) is 0.638. The fourth-order valence-corrected chi connectivity index (χ4v) is 1.70. The Morgan fingerprint density at radius 3 is 2.50 bits per heavy atom. The average molecular weight is 277 g/mol. The Kier molecular flexibility index (Phi) is 5.77. The number of hydrogen-bond donors (Lipinski definition) is 1. The lowest BCUT2D eigenvalue weighted by Gasteiger charge is -2.20. The van der Waals surface area contributed by atoms with Gasteiger partial charge in [0, 0.05) is 18.2 Å². The van der Waals surface area contributed by atoms with E-state index in [1.165, 1.54) is 6.92 Å². The molecule has 0 heterocycles. The van der Waals surface area contributed by atoms with Crippen molar-refractivity contribution in [3.05, 3.63) is 42.1 Å². The third-order valence-electron chi connectivity index (χ3n) is 2.40. The van der Waals surface area contributed by atoms with E-state index < -0.39 is 18.0 Å². The molecule has 0 aliphatic heterocycles. The fourth-order valence-electron chi connectivity index (χ4n) is 1.70. The SMILES string of the molecule is C=C(C)NC(C(=O)OCC)c1ccccc1OC(C)=O. The van der Waals surface area contributed by atoms with Crippen LogP contribution >= 0.6 is 0 Å². The highest BCUT2D eigenvalue weighted by Gasteiger charge is 2.25. The molecule has 1 rings (SSSR count). The highest BCUT2D eigenvalue weighted by Crippen LogP contribution is 2.27. The van der Waals surface area contributed by atoms with Gasteiger partial charge in [-0.3, -0.25) is 4.79 Å². The molecule has 20 heavy (non-hydrogen) atoms. The number of rotatable bonds is 6. The monoisotopic (exact) mass is 277 g/mol. The van der Waals surface area contributed by atoms with E-state index >= 15 is 0 Å². The van der Waals surface area contributed by atoms with E-state index in [1.807, 2.05) is 0 Å². The van der Waals surface area contributed by atoms with Crippen LogP contribution in [-0.2, 0) is 14.3 Å². The second-order valence-electron chi connectivity index (χ2n) is 4.24. The van der Waals surface area contributed by atoms with Crippen LogP contribution in [0.5, 0.6) is 5.75 Å². The minimum Gasteiger partial charge on any atom is -0.464 e. The van der Waals surface area contributed by atoms with Crippen LogP contribution in [0, 0.1) is 0 Å². The Morgan fingerprint density at radius 1 is 1.30 bits per heavy atom. The summed E-state index contributed by atoms with van der Waals surface area (Å²) in [5, 5.41) is 2.93. The van der Waals surface area contributed by atoms with Gasteiger partial charge in [-0.05, 0) is 19.9 Å². The summed E-state index contributed by atoms with van der Waals surface area (Å²) >= 11 is 0. The summed E-state index contributed by atoms with van der Waals surface area (Å²) in [5.74, 6) is -0.572. The Hall–Kier alpha value is -2.30. The van der Waals surface area contributed by atoms with Gasteiger partial charge in [0.25, 0.3) is 0 Å². The number of hydrogen-bond acceptors (Lipinski definition) is 5. The van der Waals surface area contributed by atoms with Crippen molar-refractivity contribution in [3.63, 3.8) is 0 Å². The maximum Gasteiger partial charge on any atom is 0.333 e. The summed E-state index contributed by atoms with van der Waals surface area (Å²) in [6.07, 6.45) is 0. The van der Waals surface area contributed by atoms with Crippen LogP contribution in [-0.4, -0.2) is 18.5 Å². The predicted molar refractivity (Wildman–Crippen MR) is 75.1 cm³/mol. The summed E-state index contributed by atoms with van der Waals surface area (Å²) in [5.41, 5.74) is 1.14. The zero-order valence-electron chi connectivity index (χ0n) is 11.9. The van der Waals surface area contributed by atoms with E-state index in [-0.39, 0.29) is 6.61 Å². The maximum atomic E-state index is 12.1. The molecule has 0 saturated heterocycles. The third kappa shape index (κ3) is 4.42. The largest absolute Gasteiger partial charge is 0.464 e. The second kappa shape index (κ2) is 7.33. The van der Waals surface area contributed by atoms with E-state index in [2.05, 4.69) is 11.9 Å². The van der Waals surface area contributed by atoms with Crippen LogP contribution in [0.25, 0.3) is 0 Å². The van der Waals surface area contributed by atoms with Crippen molar-refractivity contribution in [2.24, 2.45) is 0 Å². The molecular formula is C15H19NO4. The van der Waals surface area contributed by atoms with Gasteiger partial charge in [-0.1, -0.05) is 24.8 Å². The second-order valence-corrected chi connectivity index (χ2v) is 4.24. The number of esters is 2. The molecule has 0 saturated carbocycles. The Morgan fingerprint density at radius 2 is 1.95 bits per heavy atom. The van der Waals surface area contributed by atoms with Gasteiger partial charge in [0.2, 0.25) is 0 Å². The van der Waals surface area contributed by atoms with Gasteiger partial charge in [-0.15, -0.1) is 0 Å². The number of ether oxygens (including phenoxy) is 2. The van der Waals surface area contributed by atoms with Crippen LogP contribution in [0.15, 0.2) is 36.5 Å². The van der Waals surface area contributed by atoms with Gasteiger partial charge in [0.15, 0.2) is 6.04 Å². The predicted octanol–water partition coefficient (Wildman–Crippen LogP) is 2.34. The van der Waals surface area contributed by atoms with Crippen LogP contribution in [0.3, 0.4) is 0 Å². The Labute approximate surface area is 118 Å². The molecule has 0 aromatic heterocycles. The molecule has 1 aromatic carbocycles. The van der Waals surface area contributed by atoms with E-state index in [9.17, 15) is 9.59 Å². The molecule has 1 N–H and O–H groups in total. The molecule has 0 spiro atoms. The zero-order valence-corrected chi connectivity index (χ0v) is 11.9. The maximum absolute atomic E-state index is 12.1. The molecule has 0 aliphatic rings. The van der Waals surface area contributed by atoms with E-state index in [0.717, 1.165) is 0 Å². The van der Waals surface area contributed by atoms with Crippen molar-refractivity contribution < 1.29 is 19.1 Å². The van der Waals surface area contributed by atoms with Gasteiger partial charge in [-0.25, -0.2) is 4.79 Å². The standard InChI is InChI=1S/C15H19NO4/c1-5-19-15(18)14(16-10(2)3)12-8-6-7-9-13(12)20-11(4)17/h6-9,14,16H,2,5H2,1,3-4H3. The van der Waals surface area contributed by atoms with Crippen molar-refractivity contribution in [1.29, 1.82) is 0 Å². The molecule has 0 amide bonds. The summed E-state index contributed by atoms with van der Waals surface area (Å²) < 4.78 is 10.2. The molecule has 1 atom stereocenters. The molecule has 0 bridgehead atoms. The smallest absolute Gasteiger partial charge is 0.333 e. The molecule has 1 unspecified atom stereocenters. The Bertz CT molecular complexity index is 510. The Balaban J connectivity index is 3.15. The molecular weight excluding hydrogens is 258 g/mol. The van der Waals surface area contributed by atoms with Gasteiger partial charge in [0.1, 0.15) is 5.75 Å². The first-order chi connectivity index (χ1) is 9.45. The molecule has 0 fully saturated rings. The van der Waals surface area contributed by atoms with Gasteiger partial charge in [0.05, 0.1) is 6.61 Å². The first-order valence-electron chi connectivity index (χ1n) is 6.31. The van der Waals surface area contributed by atoms with Crippen molar-refractivity contribution in [1.82, 2.24) is 5.32 Å². The van der Waals surface area contributed by atoms with Crippen molar-refractivity contribution in [2.45, 2.75) is 26.8 Å². The number of carbonyl (C=O) groups is 2. The molecule has 0 radical (unpaired) electrons. The van der Waals surface area contributed by atoms with E-state index in [4.69, 9.17) is 9.47 Å². The van der Waals surface area contributed by atoms with Crippen LogP contribution < -0.4 is 10.1 Å². The first kappa shape index (κ1) is 15.8. The summed E-state index contributed by atoms with van der Waals surface area (Å²) in [6.45, 7) is 8.77. The zero-order chi connectivity index (χ0) is 15.1. The number of carbonyl (C=O) groups excluding carboxylic acids is 2. The summed E-state index contributed by atoms with van der Waals surface area (Å²) in [7, 11) is 0. The lowest BCUT2D eigenvalue weighted by molar-refractivity contribution is -0.146. The minimum absolute atomic E-state index is 0.267. The van der Waals surface area contributed by atoms with Crippen molar-refractivity contribution in [2.75, 3.05) is 6.61 Å². The lowest BCUT2D eigenvalue weighted by atomic mass is 10.1. The van der Waals surface area contributed by atoms with Crippen molar-refractivity contribution in [3.8, 4) is 5.75 Å². The fraction of sp³-hybridized carbons (Fsp3) is 0.333. The first-order valence-corrected chi connectivity index (χ1v) is 6.31. The molecule has 5 nitrogen and oxygen atoms in total. The molecule has 1 aromatic rings. The topological polar surface area (TPSA) is 64.6 Å². The number of benzene rings is 1. The van der Waals surface area contributed by atoms with Crippen LogP contribution in [0.2, 0.25) is 0 Å². The average Bonchev–Trinajstić information content (AvgIpc) is 2.36. The third-order valence-corrected chi connectivity index (χ3v) is 2.40. The lowest BCUT2D eigenvalue weighted by Crippen LogP contribution is -2.29. The molecule has 5 heteroatoms. The number of para-hydroxylation sites is 1. The van der Waals surface area contributed by atoms with Gasteiger partial charge >= 0.3 is 11.9 Å². The van der Waals surface area contributed by atoms with E-state index in [1.54, 1.807) is 38.1 Å². The minimum atomic E-state index is -0.761. The number of nitrogens with one attached hydrogen (secondary N) is 1. The molecule has 0 aliphatic carbocycles. The summed E-state index contributed by atoms with van der Waals surface area (Å²) in [4.78, 5) is 23.2. The normalized spacial score (nSPS) is 11.3. The highest BCUT2D eigenvalue weighted by molar-refractivity contribution is 5.80. The van der Waals surface area contributed by atoms with Crippen LogP contribution in [0.4, 0.5) is 0 Å². The van der Waals surface area contributed by atoms with Crippen molar-refractivity contribution >= 4 is 11.9 Å². The summed E-state index contributed by atoms with van der Waals surface area (Å²) in [6, 6.07) is 6.06. The van der Waals surface area contributed by atoms with Gasteiger partial charge < -0.3 is 14.8 Å². The van der Waals surface area contributed by atoms with Gasteiger partial charge in [-0.2, -0.15) is 0 Å². The highest BCUT2D eigenvalue weighted by atomic mass is 16.5. The van der Waals surface area contributed by atoms with E-state index in [0.29, 0.717) is 17.0 Å². The van der Waals surface area contributed by atoms with Crippen LogP contribution in [0.1, 0.15) is 32.4 Å².